The molecule has 0 unspecified atom stereocenters. The molecular formula is C23H39N5O6S2. The van der Waals surface area contributed by atoms with Gasteiger partial charge in [-0.1, -0.05) is 19.9 Å². The van der Waals surface area contributed by atoms with E-state index in [4.69, 9.17) is 10.5 Å². The molecule has 11 nitrogen and oxygen atoms in total. The van der Waals surface area contributed by atoms with E-state index in [1.165, 1.54) is 0 Å². The number of ether oxygens (including phenoxy) is 1. The fourth-order valence-corrected chi connectivity index (χ4v) is 3.81. The van der Waals surface area contributed by atoms with Crippen LogP contribution < -0.4 is 27.0 Å². The summed E-state index contributed by atoms with van der Waals surface area (Å²) in [7, 11) is 0. The Bertz CT molecular complexity index is 795. The van der Waals surface area contributed by atoms with Crippen molar-refractivity contribution in [1.29, 1.82) is 0 Å². The first-order valence-corrected chi connectivity index (χ1v) is 13.3. The molecule has 0 aliphatic carbocycles. The summed E-state index contributed by atoms with van der Waals surface area (Å²) in [6, 6.07) is -2.93. The van der Waals surface area contributed by atoms with Crippen LogP contribution in [0.25, 0.3) is 0 Å². The summed E-state index contributed by atoms with van der Waals surface area (Å²) in [5, 5.41) is 10.4. The topological polar surface area (TPSA) is 169 Å². The minimum Gasteiger partial charge on any atom is -0.456 e. The molecule has 0 aromatic carbocycles. The molecule has 1 rings (SSSR count). The van der Waals surface area contributed by atoms with Crippen molar-refractivity contribution in [2.45, 2.75) is 70.2 Å². The van der Waals surface area contributed by atoms with Crippen molar-refractivity contribution in [2.75, 3.05) is 24.6 Å². The molecule has 4 amide bonds. The number of nitrogens with one attached hydrogen (secondary N) is 4. The number of cyclic esters (lactones) is 1. The average molecular weight is 546 g/mol. The Kier molecular flexibility index (Phi) is 15.2. The van der Waals surface area contributed by atoms with Crippen LogP contribution in [0, 0.1) is 5.92 Å². The number of carbonyl (C=O) groups excluding carboxylic acids is 5. The predicted octanol–water partition coefficient (Wildman–Crippen LogP) is -0.537. The minimum atomic E-state index is -1.04. The fourth-order valence-electron chi connectivity index (χ4n) is 3.40. The maximum Gasteiger partial charge on any atom is 0.326 e. The lowest BCUT2D eigenvalue weighted by atomic mass is 10.0. The Morgan fingerprint density at radius 1 is 1.00 bits per heavy atom. The molecule has 0 bridgehead atoms. The molecule has 1 aliphatic heterocycles. The van der Waals surface area contributed by atoms with Crippen molar-refractivity contribution in [1.82, 2.24) is 21.3 Å². The van der Waals surface area contributed by atoms with E-state index in [0.717, 1.165) is 0 Å². The number of unbranched alkanes of at least 4 members (excludes halogenated alkanes) is 1. The van der Waals surface area contributed by atoms with E-state index in [9.17, 15) is 24.0 Å². The lowest BCUT2D eigenvalue weighted by Gasteiger charge is -2.27. The van der Waals surface area contributed by atoms with Crippen LogP contribution in [0.15, 0.2) is 12.2 Å². The molecule has 1 heterocycles. The molecule has 1 aliphatic rings. The monoisotopic (exact) mass is 545 g/mol. The van der Waals surface area contributed by atoms with Crippen molar-refractivity contribution in [3.05, 3.63) is 12.2 Å². The third kappa shape index (κ3) is 11.7. The molecule has 13 heteroatoms. The van der Waals surface area contributed by atoms with E-state index in [0.29, 0.717) is 38.0 Å². The molecular weight excluding hydrogens is 506 g/mol. The number of carbonyl (C=O) groups is 5. The molecule has 0 aromatic rings. The number of esters is 1. The molecule has 204 valence electrons. The molecule has 36 heavy (non-hydrogen) atoms. The Labute approximate surface area is 223 Å². The fraction of sp³-hybridized carbons (Fsp3) is 0.696. The highest BCUT2D eigenvalue weighted by molar-refractivity contribution is 7.80. The Morgan fingerprint density at radius 3 is 2.31 bits per heavy atom. The molecule has 0 saturated carbocycles. The summed E-state index contributed by atoms with van der Waals surface area (Å²) >= 11 is 8.31. The minimum absolute atomic E-state index is 0.0299. The molecule has 4 atom stereocenters. The third-order valence-electron chi connectivity index (χ3n) is 5.38. The number of nitrogens with two attached hydrogens (primary N) is 1. The van der Waals surface area contributed by atoms with E-state index in [2.05, 4.69) is 46.5 Å². The number of thiol groups is 2. The van der Waals surface area contributed by atoms with Gasteiger partial charge in [0.05, 0.1) is 6.42 Å². The lowest BCUT2D eigenvalue weighted by Crippen LogP contribution is -2.58. The van der Waals surface area contributed by atoms with E-state index in [1.54, 1.807) is 26.0 Å². The van der Waals surface area contributed by atoms with Gasteiger partial charge in [-0.25, -0.2) is 0 Å². The maximum absolute atomic E-state index is 13.0. The van der Waals surface area contributed by atoms with Gasteiger partial charge in [-0.3, -0.25) is 24.0 Å². The van der Waals surface area contributed by atoms with Gasteiger partial charge in [0.15, 0.2) is 0 Å². The van der Waals surface area contributed by atoms with Crippen LogP contribution >= 0.6 is 25.3 Å². The van der Waals surface area contributed by atoms with E-state index >= 15 is 0 Å². The summed E-state index contributed by atoms with van der Waals surface area (Å²) in [4.78, 5) is 63.8. The Balaban J connectivity index is 3.25. The highest BCUT2D eigenvalue weighted by atomic mass is 32.1. The van der Waals surface area contributed by atoms with Crippen LogP contribution in [-0.2, 0) is 28.7 Å². The van der Waals surface area contributed by atoms with E-state index in [1.807, 2.05) is 0 Å². The van der Waals surface area contributed by atoms with Gasteiger partial charge < -0.3 is 31.7 Å². The summed E-state index contributed by atoms with van der Waals surface area (Å²) in [6.45, 7) is 3.46. The first-order chi connectivity index (χ1) is 17.1. The van der Waals surface area contributed by atoms with Crippen LogP contribution in [0.3, 0.4) is 0 Å². The Hall–Kier alpha value is -2.25. The van der Waals surface area contributed by atoms with Gasteiger partial charge in [-0.05, 0) is 50.0 Å². The number of allylic oxidation sites excluding steroid dienone is 1. The van der Waals surface area contributed by atoms with Gasteiger partial charge in [0.25, 0.3) is 0 Å². The van der Waals surface area contributed by atoms with Gasteiger partial charge in [0, 0.05) is 5.75 Å². The predicted molar refractivity (Wildman–Crippen MR) is 143 cm³/mol. The summed E-state index contributed by atoms with van der Waals surface area (Å²) in [5.41, 5.74) is 5.56. The summed E-state index contributed by atoms with van der Waals surface area (Å²) < 4.78 is 5.39. The average Bonchev–Trinajstić information content (AvgIpc) is 2.82. The molecule has 0 spiro atoms. The van der Waals surface area contributed by atoms with Crippen molar-refractivity contribution >= 4 is 54.9 Å². The van der Waals surface area contributed by atoms with Crippen LogP contribution in [0.2, 0.25) is 0 Å². The Morgan fingerprint density at radius 2 is 1.69 bits per heavy atom. The summed E-state index contributed by atoms with van der Waals surface area (Å²) in [5.74, 6) is -2.78. The largest absolute Gasteiger partial charge is 0.456 e. The second-order valence-corrected chi connectivity index (χ2v) is 9.58. The van der Waals surface area contributed by atoms with Gasteiger partial charge >= 0.3 is 5.97 Å². The molecule has 1 saturated heterocycles. The molecule has 0 radical (unpaired) electrons. The van der Waals surface area contributed by atoms with E-state index < -0.39 is 60.4 Å². The van der Waals surface area contributed by atoms with Crippen molar-refractivity contribution in [3.8, 4) is 0 Å². The first-order valence-electron chi connectivity index (χ1n) is 12.1. The lowest BCUT2D eigenvalue weighted by molar-refractivity contribution is -0.148. The quantitative estimate of drug-likeness (QED) is 0.0884. The van der Waals surface area contributed by atoms with Gasteiger partial charge in [-0.15, -0.1) is 0 Å². The van der Waals surface area contributed by atoms with Crippen LogP contribution in [0.1, 0.15) is 46.0 Å². The second kappa shape index (κ2) is 17.2. The highest BCUT2D eigenvalue weighted by Gasteiger charge is 2.31. The van der Waals surface area contributed by atoms with Crippen LogP contribution in [0.5, 0.6) is 0 Å². The number of hydrogen-bond donors (Lipinski definition) is 7. The third-order valence-corrected chi connectivity index (χ3v) is 6.01. The van der Waals surface area contributed by atoms with Crippen molar-refractivity contribution in [2.24, 2.45) is 11.7 Å². The maximum atomic E-state index is 13.0. The second-order valence-electron chi connectivity index (χ2n) is 8.77. The first kappa shape index (κ1) is 31.8. The number of hydrogen-bond acceptors (Lipinski definition) is 9. The normalized spacial score (nSPS) is 25.2. The smallest absolute Gasteiger partial charge is 0.326 e. The zero-order chi connectivity index (χ0) is 27.1. The SMILES string of the molecule is CC(C)[C@H]1NC(=O)[C@@H](CS)NC(=O)[C@@H](CCCCN)NC(=O)C[C@@H](/C=C/CCS)OC(=O)CNC1=O. The van der Waals surface area contributed by atoms with Gasteiger partial charge in [-0.2, -0.15) is 25.3 Å². The number of rotatable bonds is 9. The van der Waals surface area contributed by atoms with Crippen LogP contribution in [-0.4, -0.2) is 78.4 Å². The summed E-state index contributed by atoms with van der Waals surface area (Å²) in [6.07, 6.45) is 4.30. The number of amides is 4. The van der Waals surface area contributed by atoms with E-state index in [-0.39, 0.29) is 18.1 Å². The van der Waals surface area contributed by atoms with Crippen molar-refractivity contribution < 1.29 is 28.7 Å². The standard InChI is InChI=1S/C23H39N5O6S2/c1-14(2)20-23(33)25-12-19(30)34-15(7-4-6-10-35)11-18(29)26-16(8-3-5-9-24)21(31)27-17(13-36)22(32)28-20/h4,7,14-17,20,35-36H,3,5-6,8-13,24H2,1-2H3,(H,25,33)(H,26,29)(H,27,31)(H,28,32)/b7-4+/t15-,16-,17-,20-/m1/s1. The van der Waals surface area contributed by atoms with Gasteiger partial charge in [0.2, 0.25) is 23.6 Å². The molecule has 6 N–H and O–H groups in total. The molecule has 0 aromatic heterocycles. The zero-order valence-electron chi connectivity index (χ0n) is 20.8. The van der Waals surface area contributed by atoms with Crippen molar-refractivity contribution in [3.63, 3.8) is 0 Å². The molecule has 1 fully saturated rings. The zero-order valence-corrected chi connectivity index (χ0v) is 22.6. The van der Waals surface area contributed by atoms with Gasteiger partial charge in [0.1, 0.15) is 30.8 Å². The van der Waals surface area contributed by atoms with Crippen LogP contribution in [0.4, 0.5) is 0 Å². The highest BCUT2D eigenvalue weighted by Crippen LogP contribution is 2.08.